The number of nitrogens with zero attached hydrogens (tertiary/aromatic N) is 1. The van der Waals surface area contributed by atoms with Crippen molar-refractivity contribution in [3.63, 3.8) is 0 Å². The molecule has 1 heterocycles. The minimum atomic E-state index is 0.569. The number of ether oxygens (including phenoxy) is 1. The quantitative estimate of drug-likeness (QED) is 0.549. The summed E-state index contributed by atoms with van der Waals surface area (Å²) in [6.45, 7) is 0.990. The Balaban J connectivity index is 1.76. The molecule has 0 aromatic carbocycles. The third kappa shape index (κ3) is 8.21. The summed E-state index contributed by atoms with van der Waals surface area (Å²) < 4.78 is 5.72. The van der Waals surface area contributed by atoms with Gasteiger partial charge >= 0.3 is 0 Å². The predicted molar refractivity (Wildman–Crippen MR) is 70.8 cm³/mol. The number of nitriles is 1. The Morgan fingerprint density at radius 2 is 1.65 bits per heavy atom. The first-order valence-corrected chi connectivity index (χ1v) is 7.42. The van der Waals surface area contributed by atoms with E-state index in [1.807, 2.05) is 0 Å². The molecule has 98 valence electrons. The van der Waals surface area contributed by atoms with Gasteiger partial charge < -0.3 is 4.74 Å². The molecule has 0 bridgehead atoms. The van der Waals surface area contributed by atoms with Crippen LogP contribution in [-0.4, -0.2) is 12.7 Å². The van der Waals surface area contributed by atoms with Gasteiger partial charge in [-0.1, -0.05) is 38.5 Å². The standard InChI is InChI=1S/C15H27NO/c16-13-9-6-4-2-1-3-5-7-11-15-12-8-10-14-17-15/h15H,1-12,14H2. The third-order valence-electron chi connectivity index (χ3n) is 3.59. The Bertz CT molecular complexity index is 203. The van der Waals surface area contributed by atoms with Crippen molar-refractivity contribution in [3.8, 4) is 6.07 Å². The van der Waals surface area contributed by atoms with Gasteiger partial charge in [-0.15, -0.1) is 0 Å². The van der Waals surface area contributed by atoms with Crippen LogP contribution < -0.4 is 0 Å². The van der Waals surface area contributed by atoms with Crippen molar-refractivity contribution in [2.24, 2.45) is 0 Å². The molecule has 0 aromatic heterocycles. The second-order valence-electron chi connectivity index (χ2n) is 5.16. The molecule has 0 aliphatic carbocycles. The molecule has 0 spiro atoms. The maximum atomic E-state index is 8.40. The number of hydrogen-bond acceptors (Lipinski definition) is 2. The zero-order chi connectivity index (χ0) is 12.2. The molecule has 2 nitrogen and oxygen atoms in total. The molecular weight excluding hydrogens is 210 g/mol. The second kappa shape index (κ2) is 10.6. The van der Waals surface area contributed by atoms with Gasteiger partial charge in [0.1, 0.15) is 0 Å². The van der Waals surface area contributed by atoms with Crippen LogP contribution in [0.1, 0.15) is 77.0 Å². The fourth-order valence-electron chi connectivity index (χ4n) is 2.50. The topological polar surface area (TPSA) is 33.0 Å². The Kier molecular flexibility index (Phi) is 9.04. The molecule has 1 saturated heterocycles. The van der Waals surface area contributed by atoms with E-state index >= 15 is 0 Å². The molecule has 1 aliphatic heterocycles. The zero-order valence-electron chi connectivity index (χ0n) is 11.1. The molecule has 1 aliphatic rings. The molecule has 0 saturated carbocycles. The predicted octanol–water partition coefficient (Wildman–Crippen LogP) is 4.59. The zero-order valence-corrected chi connectivity index (χ0v) is 11.1. The molecule has 1 fully saturated rings. The first kappa shape index (κ1) is 14.5. The van der Waals surface area contributed by atoms with Crippen LogP contribution in [0.4, 0.5) is 0 Å². The number of unbranched alkanes of at least 4 members (excludes halogenated alkanes) is 7. The summed E-state index contributed by atoms with van der Waals surface area (Å²) in [5.41, 5.74) is 0. The third-order valence-corrected chi connectivity index (χ3v) is 3.59. The van der Waals surface area contributed by atoms with E-state index in [1.54, 1.807) is 0 Å². The Labute approximate surface area is 106 Å². The van der Waals surface area contributed by atoms with Crippen LogP contribution >= 0.6 is 0 Å². The molecule has 1 rings (SSSR count). The smallest absolute Gasteiger partial charge is 0.0621 e. The van der Waals surface area contributed by atoms with Crippen LogP contribution in [0.3, 0.4) is 0 Å². The summed E-state index contributed by atoms with van der Waals surface area (Å²) >= 11 is 0. The van der Waals surface area contributed by atoms with E-state index in [0.717, 1.165) is 19.4 Å². The average molecular weight is 237 g/mol. The van der Waals surface area contributed by atoms with Gasteiger partial charge in [0.05, 0.1) is 12.2 Å². The van der Waals surface area contributed by atoms with Crippen molar-refractivity contribution in [1.82, 2.24) is 0 Å². The van der Waals surface area contributed by atoms with Crippen molar-refractivity contribution >= 4 is 0 Å². The van der Waals surface area contributed by atoms with Crippen LogP contribution in [-0.2, 0) is 4.74 Å². The SMILES string of the molecule is N#CCCCCCCCCCC1CCCCO1. The van der Waals surface area contributed by atoms with E-state index in [0.29, 0.717) is 6.10 Å². The molecule has 1 unspecified atom stereocenters. The maximum absolute atomic E-state index is 8.40. The van der Waals surface area contributed by atoms with Crippen LogP contribution in [0.15, 0.2) is 0 Å². The van der Waals surface area contributed by atoms with Gasteiger partial charge in [0.25, 0.3) is 0 Å². The Morgan fingerprint density at radius 1 is 0.941 bits per heavy atom. The lowest BCUT2D eigenvalue weighted by atomic mass is 10.0. The molecule has 0 radical (unpaired) electrons. The summed E-state index contributed by atoms with van der Waals surface area (Å²) in [7, 11) is 0. The Morgan fingerprint density at radius 3 is 2.29 bits per heavy atom. The molecule has 0 amide bonds. The van der Waals surface area contributed by atoms with Gasteiger partial charge in [-0.2, -0.15) is 5.26 Å². The molecule has 0 N–H and O–H groups in total. The maximum Gasteiger partial charge on any atom is 0.0621 e. The van der Waals surface area contributed by atoms with E-state index in [-0.39, 0.29) is 0 Å². The van der Waals surface area contributed by atoms with Gasteiger partial charge in [-0.3, -0.25) is 0 Å². The fourth-order valence-corrected chi connectivity index (χ4v) is 2.50. The van der Waals surface area contributed by atoms with Gasteiger partial charge in [0.15, 0.2) is 0 Å². The van der Waals surface area contributed by atoms with Crippen molar-refractivity contribution in [3.05, 3.63) is 0 Å². The van der Waals surface area contributed by atoms with E-state index in [1.165, 1.54) is 64.2 Å². The highest BCUT2D eigenvalue weighted by Gasteiger charge is 2.12. The van der Waals surface area contributed by atoms with Crippen LogP contribution in [0.2, 0.25) is 0 Å². The van der Waals surface area contributed by atoms with Crippen molar-refractivity contribution in [2.45, 2.75) is 83.2 Å². The molecular formula is C15H27NO. The molecule has 17 heavy (non-hydrogen) atoms. The lowest BCUT2D eigenvalue weighted by Gasteiger charge is -2.22. The fraction of sp³-hybridized carbons (Fsp3) is 0.933. The van der Waals surface area contributed by atoms with E-state index in [4.69, 9.17) is 10.00 Å². The summed E-state index contributed by atoms with van der Waals surface area (Å²) in [6, 6.07) is 2.20. The number of rotatable bonds is 9. The highest BCUT2D eigenvalue weighted by molar-refractivity contribution is 4.67. The highest BCUT2D eigenvalue weighted by atomic mass is 16.5. The second-order valence-corrected chi connectivity index (χ2v) is 5.16. The lowest BCUT2D eigenvalue weighted by molar-refractivity contribution is 0.00977. The summed E-state index contributed by atoms with van der Waals surface area (Å²) in [5.74, 6) is 0. The van der Waals surface area contributed by atoms with Crippen LogP contribution in [0.5, 0.6) is 0 Å². The van der Waals surface area contributed by atoms with Gasteiger partial charge in [-0.25, -0.2) is 0 Å². The first-order valence-electron chi connectivity index (χ1n) is 7.42. The normalized spacial score (nSPS) is 20.1. The van der Waals surface area contributed by atoms with Crippen molar-refractivity contribution < 1.29 is 4.74 Å². The summed E-state index contributed by atoms with van der Waals surface area (Å²) in [5, 5.41) is 8.40. The first-order chi connectivity index (χ1) is 8.43. The lowest BCUT2D eigenvalue weighted by Crippen LogP contribution is -2.18. The van der Waals surface area contributed by atoms with E-state index in [2.05, 4.69) is 6.07 Å². The minimum Gasteiger partial charge on any atom is -0.378 e. The summed E-state index contributed by atoms with van der Waals surface area (Å²) in [6.07, 6.45) is 15.5. The van der Waals surface area contributed by atoms with Crippen molar-refractivity contribution in [1.29, 1.82) is 5.26 Å². The monoisotopic (exact) mass is 237 g/mol. The number of hydrogen-bond donors (Lipinski definition) is 0. The van der Waals surface area contributed by atoms with E-state index in [9.17, 15) is 0 Å². The van der Waals surface area contributed by atoms with E-state index < -0.39 is 0 Å². The molecule has 1 atom stereocenters. The van der Waals surface area contributed by atoms with Gasteiger partial charge in [0, 0.05) is 13.0 Å². The van der Waals surface area contributed by atoms with Crippen LogP contribution in [0.25, 0.3) is 0 Å². The van der Waals surface area contributed by atoms with Gasteiger partial charge in [-0.05, 0) is 32.1 Å². The van der Waals surface area contributed by atoms with Crippen molar-refractivity contribution in [2.75, 3.05) is 6.61 Å². The van der Waals surface area contributed by atoms with Crippen LogP contribution in [0, 0.1) is 11.3 Å². The molecule has 0 aromatic rings. The van der Waals surface area contributed by atoms with Gasteiger partial charge in [0.2, 0.25) is 0 Å². The minimum absolute atomic E-state index is 0.569. The molecule has 2 heteroatoms. The average Bonchev–Trinajstić information content (AvgIpc) is 2.38. The highest BCUT2D eigenvalue weighted by Crippen LogP contribution is 2.18. The Hall–Kier alpha value is -0.550. The summed E-state index contributed by atoms with van der Waals surface area (Å²) in [4.78, 5) is 0. The largest absolute Gasteiger partial charge is 0.378 e.